The average molecular weight is 383 g/mol. The molecule has 0 aliphatic carbocycles. The van der Waals surface area contributed by atoms with E-state index >= 15 is 0 Å². The van der Waals surface area contributed by atoms with Gasteiger partial charge in [-0.05, 0) is 17.7 Å². The maximum Gasteiger partial charge on any atom is 0.262 e. The van der Waals surface area contributed by atoms with Crippen molar-refractivity contribution in [2.75, 3.05) is 6.61 Å². The van der Waals surface area contributed by atoms with Crippen LogP contribution in [0.1, 0.15) is 0 Å². The Morgan fingerprint density at radius 1 is 1.08 bits per heavy atom. The Hall–Kier alpha value is -2.63. The number of thiophene rings is 1. The Balaban J connectivity index is 1.61. The predicted octanol–water partition coefficient (Wildman–Crippen LogP) is 4.86. The molecule has 2 heterocycles. The van der Waals surface area contributed by atoms with E-state index < -0.39 is 0 Å². The third-order valence-electron chi connectivity index (χ3n) is 4.07. The molecule has 26 heavy (non-hydrogen) atoms. The van der Waals surface area contributed by atoms with Gasteiger partial charge in [-0.15, -0.1) is 11.3 Å². The van der Waals surface area contributed by atoms with Crippen LogP contribution < -0.4 is 10.3 Å². The molecule has 4 nitrogen and oxygen atoms in total. The van der Waals surface area contributed by atoms with Crippen molar-refractivity contribution in [3.05, 3.63) is 81.7 Å². The maximum absolute atomic E-state index is 12.9. The molecule has 0 aliphatic heterocycles. The molecule has 0 aliphatic rings. The normalized spacial score (nSPS) is 11.0. The number of aromatic nitrogens is 2. The van der Waals surface area contributed by atoms with Crippen LogP contribution in [0.5, 0.6) is 5.75 Å². The van der Waals surface area contributed by atoms with E-state index in [1.165, 1.54) is 11.3 Å². The molecular formula is C20H15ClN2O2S. The fourth-order valence-corrected chi connectivity index (χ4v) is 3.87. The van der Waals surface area contributed by atoms with Crippen molar-refractivity contribution in [1.29, 1.82) is 0 Å². The molecule has 0 N–H and O–H groups in total. The van der Waals surface area contributed by atoms with Crippen LogP contribution in [-0.4, -0.2) is 16.2 Å². The molecule has 4 aromatic rings. The molecule has 2 aromatic carbocycles. The van der Waals surface area contributed by atoms with Gasteiger partial charge >= 0.3 is 0 Å². The van der Waals surface area contributed by atoms with Gasteiger partial charge in [0.25, 0.3) is 5.56 Å². The number of fused-ring (bicyclic) bond motifs is 1. The first-order valence-electron chi connectivity index (χ1n) is 8.13. The lowest BCUT2D eigenvalue weighted by atomic mass is 10.1. The lowest BCUT2D eigenvalue weighted by Crippen LogP contribution is -2.23. The van der Waals surface area contributed by atoms with E-state index in [0.29, 0.717) is 29.3 Å². The van der Waals surface area contributed by atoms with E-state index in [2.05, 4.69) is 4.98 Å². The molecule has 0 radical (unpaired) electrons. The zero-order chi connectivity index (χ0) is 17.9. The van der Waals surface area contributed by atoms with E-state index in [1.54, 1.807) is 23.0 Å². The molecule has 6 heteroatoms. The van der Waals surface area contributed by atoms with Gasteiger partial charge in [-0.2, -0.15) is 0 Å². The van der Waals surface area contributed by atoms with Crippen LogP contribution >= 0.6 is 22.9 Å². The minimum Gasteiger partial charge on any atom is -0.490 e. The Morgan fingerprint density at radius 2 is 1.85 bits per heavy atom. The highest BCUT2D eigenvalue weighted by Gasteiger charge is 2.13. The Morgan fingerprint density at radius 3 is 2.65 bits per heavy atom. The highest BCUT2D eigenvalue weighted by atomic mass is 35.5. The van der Waals surface area contributed by atoms with E-state index in [1.807, 2.05) is 47.8 Å². The molecule has 0 unspecified atom stereocenters. The lowest BCUT2D eigenvalue weighted by Gasteiger charge is -2.09. The minimum atomic E-state index is -0.0575. The number of hydrogen-bond donors (Lipinski definition) is 0. The van der Waals surface area contributed by atoms with Crippen LogP contribution in [0.25, 0.3) is 21.3 Å². The van der Waals surface area contributed by atoms with Crippen LogP contribution in [0.4, 0.5) is 0 Å². The molecule has 4 rings (SSSR count). The van der Waals surface area contributed by atoms with Crippen molar-refractivity contribution in [3.63, 3.8) is 0 Å². The molecular weight excluding hydrogens is 368 g/mol. The Bertz CT molecular complexity index is 1110. The van der Waals surface area contributed by atoms with Crippen molar-refractivity contribution < 1.29 is 4.74 Å². The van der Waals surface area contributed by atoms with Gasteiger partial charge in [-0.3, -0.25) is 9.36 Å². The summed E-state index contributed by atoms with van der Waals surface area (Å²) in [6.45, 7) is 0.735. The largest absolute Gasteiger partial charge is 0.490 e. The smallest absolute Gasteiger partial charge is 0.262 e. The van der Waals surface area contributed by atoms with Crippen LogP contribution in [0.2, 0.25) is 5.02 Å². The summed E-state index contributed by atoms with van der Waals surface area (Å²) in [7, 11) is 0. The van der Waals surface area contributed by atoms with Gasteiger partial charge < -0.3 is 4.74 Å². The van der Waals surface area contributed by atoms with Crippen molar-refractivity contribution in [1.82, 2.24) is 9.55 Å². The van der Waals surface area contributed by atoms with Gasteiger partial charge in [-0.25, -0.2) is 4.98 Å². The minimum absolute atomic E-state index is 0.0575. The number of hydrogen-bond acceptors (Lipinski definition) is 4. The Kier molecular flexibility index (Phi) is 4.73. The van der Waals surface area contributed by atoms with Crippen LogP contribution in [0.15, 0.2) is 71.1 Å². The van der Waals surface area contributed by atoms with Gasteiger partial charge in [0.15, 0.2) is 0 Å². The van der Waals surface area contributed by atoms with Crippen molar-refractivity contribution in [3.8, 4) is 16.9 Å². The molecule has 0 amide bonds. The second-order valence-corrected chi connectivity index (χ2v) is 6.98. The van der Waals surface area contributed by atoms with E-state index in [4.69, 9.17) is 16.3 Å². The zero-order valence-electron chi connectivity index (χ0n) is 13.8. The first-order chi connectivity index (χ1) is 12.7. The molecule has 0 saturated heterocycles. The van der Waals surface area contributed by atoms with Crippen LogP contribution in [0, 0.1) is 0 Å². The lowest BCUT2D eigenvalue weighted by molar-refractivity contribution is 0.296. The number of rotatable bonds is 5. The molecule has 2 aromatic heterocycles. The molecule has 0 fully saturated rings. The summed E-state index contributed by atoms with van der Waals surface area (Å²) in [6, 6.07) is 17.2. The van der Waals surface area contributed by atoms with E-state index in [-0.39, 0.29) is 5.56 Å². The summed E-state index contributed by atoms with van der Waals surface area (Å²) < 4.78 is 7.27. The van der Waals surface area contributed by atoms with E-state index in [9.17, 15) is 4.79 Å². The van der Waals surface area contributed by atoms with Crippen LogP contribution in [-0.2, 0) is 6.54 Å². The molecule has 0 bridgehead atoms. The number of halogens is 1. The van der Waals surface area contributed by atoms with Crippen LogP contribution in [0.3, 0.4) is 0 Å². The van der Waals surface area contributed by atoms with Gasteiger partial charge in [0, 0.05) is 10.9 Å². The van der Waals surface area contributed by atoms with Gasteiger partial charge in [-0.1, -0.05) is 54.1 Å². The highest BCUT2D eigenvalue weighted by Crippen LogP contribution is 2.30. The monoisotopic (exact) mass is 382 g/mol. The quantitative estimate of drug-likeness (QED) is 0.495. The molecule has 0 saturated carbocycles. The second kappa shape index (κ2) is 7.32. The Labute approximate surface area is 159 Å². The molecule has 0 atom stereocenters. The number of nitrogens with zero attached hydrogens (tertiary/aromatic N) is 2. The number of ether oxygens (including phenoxy) is 1. The summed E-state index contributed by atoms with van der Waals surface area (Å²) in [5.74, 6) is 0.608. The first-order valence-corrected chi connectivity index (χ1v) is 9.39. The number of para-hydroxylation sites is 1. The van der Waals surface area contributed by atoms with Crippen molar-refractivity contribution in [2.45, 2.75) is 6.54 Å². The van der Waals surface area contributed by atoms with Gasteiger partial charge in [0.2, 0.25) is 0 Å². The summed E-state index contributed by atoms with van der Waals surface area (Å²) in [4.78, 5) is 18.1. The predicted molar refractivity (Wildman–Crippen MR) is 106 cm³/mol. The van der Waals surface area contributed by atoms with Crippen molar-refractivity contribution >= 4 is 33.2 Å². The third kappa shape index (κ3) is 3.23. The standard InChI is InChI=1S/C20H15ClN2O2S/c21-16-8-4-5-9-17(16)25-11-10-23-13-22-19-18(20(23)24)15(12-26-19)14-6-2-1-3-7-14/h1-9,12-13H,10-11H2. The fraction of sp³-hybridized carbons (Fsp3) is 0.100. The number of benzene rings is 2. The van der Waals surface area contributed by atoms with Gasteiger partial charge in [0.1, 0.15) is 17.2 Å². The first kappa shape index (κ1) is 16.8. The average Bonchev–Trinajstić information content (AvgIpc) is 3.11. The van der Waals surface area contributed by atoms with Gasteiger partial charge in [0.05, 0.1) is 23.3 Å². The fourth-order valence-electron chi connectivity index (χ4n) is 2.77. The summed E-state index contributed by atoms with van der Waals surface area (Å²) in [5, 5.41) is 3.19. The molecule has 130 valence electrons. The maximum atomic E-state index is 12.9. The second-order valence-electron chi connectivity index (χ2n) is 5.72. The zero-order valence-corrected chi connectivity index (χ0v) is 15.3. The van der Waals surface area contributed by atoms with E-state index in [0.717, 1.165) is 16.0 Å². The summed E-state index contributed by atoms with van der Waals surface area (Å²) in [5.41, 5.74) is 1.88. The summed E-state index contributed by atoms with van der Waals surface area (Å²) >= 11 is 7.57. The third-order valence-corrected chi connectivity index (χ3v) is 5.27. The summed E-state index contributed by atoms with van der Waals surface area (Å²) in [6.07, 6.45) is 1.58. The molecule has 0 spiro atoms. The topological polar surface area (TPSA) is 44.1 Å². The van der Waals surface area contributed by atoms with Crippen molar-refractivity contribution in [2.24, 2.45) is 0 Å². The SMILES string of the molecule is O=c1c2c(-c3ccccc3)csc2ncn1CCOc1ccccc1Cl. The highest BCUT2D eigenvalue weighted by molar-refractivity contribution is 7.17.